The third-order valence-corrected chi connectivity index (χ3v) is 4.01. The summed E-state index contributed by atoms with van der Waals surface area (Å²) in [6, 6.07) is 2.09. The first-order chi connectivity index (χ1) is 7.36. The van der Waals surface area contributed by atoms with E-state index in [0.29, 0.717) is 12.5 Å². The van der Waals surface area contributed by atoms with Crippen LogP contribution in [-0.4, -0.2) is 35.5 Å². The average Bonchev–Trinajstić information content (AvgIpc) is 2.80. The van der Waals surface area contributed by atoms with Gasteiger partial charge in [-0.3, -0.25) is 0 Å². The quantitative estimate of drug-likeness (QED) is 0.494. The lowest BCUT2D eigenvalue weighted by atomic mass is 10.3. The molecule has 90 valence electrons. The van der Waals surface area contributed by atoms with Crippen LogP contribution in [0.1, 0.15) is 5.56 Å². The van der Waals surface area contributed by atoms with Gasteiger partial charge in [-0.15, -0.1) is 24.0 Å². The maximum absolute atomic E-state index is 5.94. The summed E-state index contributed by atoms with van der Waals surface area (Å²) in [5, 5.41) is 4.18. The summed E-state index contributed by atoms with van der Waals surface area (Å²) >= 11 is 3.68. The molecule has 0 bridgehead atoms. The van der Waals surface area contributed by atoms with Gasteiger partial charge in [-0.1, -0.05) is 0 Å². The first kappa shape index (κ1) is 14.1. The van der Waals surface area contributed by atoms with Gasteiger partial charge in [-0.2, -0.15) is 23.1 Å². The zero-order chi connectivity index (χ0) is 10.5. The first-order valence-electron chi connectivity index (χ1n) is 5.00. The first-order valence-corrected chi connectivity index (χ1v) is 7.10. The number of hydrogen-bond acceptors (Lipinski definition) is 3. The lowest BCUT2D eigenvalue weighted by Crippen LogP contribution is -2.42. The molecule has 0 aliphatic carbocycles. The van der Waals surface area contributed by atoms with E-state index in [0.717, 1.165) is 24.6 Å². The van der Waals surface area contributed by atoms with Gasteiger partial charge in [0.15, 0.2) is 5.96 Å². The van der Waals surface area contributed by atoms with E-state index in [9.17, 15) is 0 Å². The van der Waals surface area contributed by atoms with Crippen LogP contribution in [0.3, 0.4) is 0 Å². The van der Waals surface area contributed by atoms with Crippen molar-refractivity contribution in [3.63, 3.8) is 0 Å². The standard InChI is InChI=1S/C10H15N3S2.HI/c11-10(13-2-5-14-6-3-13)12-7-9-1-4-15-8-9;/h1,4,8H,2-3,5-7H2,(H2,11,12);1H. The molecular formula is C10H16IN3S2. The number of rotatable bonds is 2. The van der Waals surface area contributed by atoms with Crippen molar-refractivity contribution in [3.8, 4) is 0 Å². The van der Waals surface area contributed by atoms with Gasteiger partial charge in [-0.05, 0) is 22.4 Å². The Bertz CT molecular complexity index is 321. The molecule has 16 heavy (non-hydrogen) atoms. The smallest absolute Gasteiger partial charge is 0.191 e. The molecule has 1 fully saturated rings. The molecule has 1 aromatic rings. The third kappa shape index (κ3) is 4.14. The van der Waals surface area contributed by atoms with Gasteiger partial charge >= 0.3 is 0 Å². The fourth-order valence-electron chi connectivity index (χ4n) is 1.45. The summed E-state index contributed by atoms with van der Waals surface area (Å²) in [6.07, 6.45) is 0. The van der Waals surface area contributed by atoms with Crippen LogP contribution >= 0.6 is 47.1 Å². The van der Waals surface area contributed by atoms with Gasteiger partial charge in [0.05, 0.1) is 6.54 Å². The summed E-state index contributed by atoms with van der Waals surface area (Å²) in [5.74, 6) is 3.02. The van der Waals surface area contributed by atoms with Crippen molar-refractivity contribution in [2.24, 2.45) is 10.7 Å². The Labute approximate surface area is 122 Å². The molecule has 1 aliphatic rings. The van der Waals surface area contributed by atoms with Gasteiger partial charge < -0.3 is 10.6 Å². The van der Waals surface area contributed by atoms with E-state index in [-0.39, 0.29) is 24.0 Å². The Balaban J connectivity index is 0.00000128. The molecule has 2 N–H and O–H groups in total. The monoisotopic (exact) mass is 369 g/mol. The van der Waals surface area contributed by atoms with E-state index >= 15 is 0 Å². The molecule has 0 aromatic carbocycles. The maximum atomic E-state index is 5.94. The van der Waals surface area contributed by atoms with E-state index in [1.807, 2.05) is 11.8 Å². The van der Waals surface area contributed by atoms with Gasteiger partial charge in [0.25, 0.3) is 0 Å². The molecule has 0 unspecified atom stereocenters. The van der Waals surface area contributed by atoms with Crippen LogP contribution in [-0.2, 0) is 6.54 Å². The van der Waals surface area contributed by atoms with Crippen molar-refractivity contribution in [1.29, 1.82) is 0 Å². The highest BCUT2D eigenvalue weighted by Crippen LogP contribution is 2.10. The second-order valence-electron chi connectivity index (χ2n) is 3.41. The molecule has 0 spiro atoms. The normalized spacial score (nSPS) is 17.0. The molecular weight excluding hydrogens is 353 g/mol. The molecule has 0 atom stereocenters. The predicted molar refractivity (Wildman–Crippen MR) is 84.0 cm³/mol. The van der Waals surface area contributed by atoms with Gasteiger partial charge in [0.2, 0.25) is 0 Å². The maximum Gasteiger partial charge on any atom is 0.191 e. The van der Waals surface area contributed by atoms with Crippen molar-refractivity contribution in [2.75, 3.05) is 24.6 Å². The molecule has 3 nitrogen and oxygen atoms in total. The van der Waals surface area contributed by atoms with Crippen molar-refractivity contribution in [3.05, 3.63) is 22.4 Å². The number of thioether (sulfide) groups is 1. The molecule has 1 saturated heterocycles. The molecule has 2 rings (SSSR count). The molecule has 1 aromatic heterocycles. The van der Waals surface area contributed by atoms with Crippen LogP contribution < -0.4 is 5.73 Å². The van der Waals surface area contributed by atoms with E-state index in [1.54, 1.807) is 11.3 Å². The number of nitrogens with two attached hydrogens (primary N) is 1. The Morgan fingerprint density at radius 1 is 1.44 bits per heavy atom. The minimum Gasteiger partial charge on any atom is -0.370 e. The minimum atomic E-state index is 0. The highest BCUT2D eigenvalue weighted by Gasteiger charge is 2.11. The second-order valence-corrected chi connectivity index (χ2v) is 5.41. The minimum absolute atomic E-state index is 0. The number of aliphatic imine (C=N–C) groups is 1. The Kier molecular flexibility index (Phi) is 6.52. The Morgan fingerprint density at radius 3 is 2.81 bits per heavy atom. The Morgan fingerprint density at radius 2 is 2.19 bits per heavy atom. The van der Waals surface area contributed by atoms with E-state index in [4.69, 9.17) is 5.73 Å². The summed E-state index contributed by atoms with van der Waals surface area (Å²) in [4.78, 5) is 6.58. The third-order valence-electron chi connectivity index (χ3n) is 2.34. The molecule has 6 heteroatoms. The number of hydrogen-bond donors (Lipinski definition) is 1. The number of nitrogens with zero attached hydrogens (tertiary/aromatic N) is 2. The largest absolute Gasteiger partial charge is 0.370 e. The van der Waals surface area contributed by atoms with Gasteiger partial charge in [-0.25, -0.2) is 4.99 Å². The summed E-state index contributed by atoms with van der Waals surface area (Å²) < 4.78 is 0. The van der Waals surface area contributed by atoms with Crippen LogP contribution in [0.25, 0.3) is 0 Å². The zero-order valence-electron chi connectivity index (χ0n) is 8.96. The van der Waals surface area contributed by atoms with Crippen molar-refractivity contribution in [2.45, 2.75) is 6.54 Å². The van der Waals surface area contributed by atoms with Gasteiger partial charge in [0, 0.05) is 24.6 Å². The van der Waals surface area contributed by atoms with Crippen LogP contribution in [0.5, 0.6) is 0 Å². The van der Waals surface area contributed by atoms with E-state index < -0.39 is 0 Å². The number of thiophene rings is 1. The molecule has 2 heterocycles. The van der Waals surface area contributed by atoms with Crippen LogP contribution in [0.4, 0.5) is 0 Å². The Hall–Kier alpha value is 0.0500. The predicted octanol–water partition coefficient (Wildman–Crippen LogP) is 2.23. The SMILES string of the molecule is I.NC(=NCc1ccsc1)N1CCSCC1. The van der Waals surface area contributed by atoms with E-state index in [2.05, 4.69) is 26.7 Å². The zero-order valence-corrected chi connectivity index (χ0v) is 12.9. The lowest BCUT2D eigenvalue weighted by molar-refractivity contribution is 0.455. The van der Waals surface area contributed by atoms with Crippen LogP contribution in [0, 0.1) is 0 Å². The summed E-state index contributed by atoms with van der Waals surface area (Å²) in [5.41, 5.74) is 7.18. The van der Waals surface area contributed by atoms with E-state index in [1.165, 1.54) is 5.56 Å². The van der Waals surface area contributed by atoms with Gasteiger partial charge in [0.1, 0.15) is 0 Å². The van der Waals surface area contributed by atoms with Crippen LogP contribution in [0.15, 0.2) is 21.8 Å². The average molecular weight is 369 g/mol. The van der Waals surface area contributed by atoms with Crippen molar-refractivity contribution >= 4 is 53.0 Å². The molecule has 0 radical (unpaired) electrons. The molecule has 0 saturated carbocycles. The highest BCUT2D eigenvalue weighted by atomic mass is 127. The fraction of sp³-hybridized carbons (Fsp3) is 0.500. The summed E-state index contributed by atoms with van der Waals surface area (Å²) in [7, 11) is 0. The van der Waals surface area contributed by atoms with Crippen molar-refractivity contribution < 1.29 is 0 Å². The highest BCUT2D eigenvalue weighted by molar-refractivity contribution is 14.0. The van der Waals surface area contributed by atoms with Crippen LogP contribution in [0.2, 0.25) is 0 Å². The fourth-order valence-corrected chi connectivity index (χ4v) is 3.01. The molecule has 0 amide bonds. The van der Waals surface area contributed by atoms with Crippen molar-refractivity contribution in [1.82, 2.24) is 4.90 Å². The number of halogens is 1. The lowest BCUT2D eigenvalue weighted by Gasteiger charge is -2.27. The number of guanidine groups is 1. The topological polar surface area (TPSA) is 41.6 Å². The second kappa shape index (κ2) is 7.39. The summed E-state index contributed by atoms with van der Waals surface area (Å²) in [6.45, 7) is 2.77. The molecule has 1 aliphatic heterocycles.